The average Bonchev–Trinajstić information content (AvgIpc) is 3.15. The van der Waals surface area contributed by atoms with Gasteiger partial charge in [-0.05, 0) is 30.7 Å². The Morgan fingerprint density at radius 1 is 1.11 bits per heavy atom. The Hall–Kier alpha value is -2.65. The van der Waals surface area contributed by atoms with E-state index in [2.05, 4.69) is 4.74 Å². The van der Waals surface area contributed by atoms with E-state index in [1.54, 1.807) is 26.8 Å². The number of furan rings is 1. The fourth-order valence-electron chi connectivity index (χ4n) is 2.66. The van der Waals surface area contributed by atoms with Crippen molar-refractivity contribution in [1.82, 2.24) is 4.31 Å². The molecule has 0 atom stereocenters. The summed E-state index contributed by atoms with van der Waals surface area (Å²) >= 11 is 0. The molecule has 0 amide bonds. The lowest BCUT2D eigenvalue weighted by Crippen LogP contribution is -2.31. The molecule has 2 aromatic rings. The first-order valence-corrected chi connectivity index (χ1v) is 10.1. The number of benzene rings is 1. The minimum absolute atomic E-state index is 0.0518. The Bertz CT molecular complexity index is 958. The minimum Gasteiger partial charge on any atom is -0.463 e. The maximum atomic E-state index is 12.8. The molecule has 9 heteroatoms. The molecule has 0 N–H and O–H groups in total. The number of carbonyl (C=O) groups excluding carboxylic acids is 2. The maximum absolute atomic E-state index is 12.8. The van der Waals surface area contributed by atoms with Crippen LogP contribution in [0.2, 0.25) is 0 Å². The topological polar surface area (TPSA) is 103 Å². The third-order valence-corrected chi connectivity index (χ3v) is 6.42. The van der Waals surface area contributed by atoms with E-state index in [1.165, 1.54) is 35.9 Å². The molecule has 0 radical (unpaired) electrons. The highest BCUT2D eigenvalue weighted by atomic mass is 32.2. The second-order valence-corrected chi connectivity index (χ2v) is 7.82. The number of nitrogens with zero attached hydrogens (tertiary/aromatic N) is 1. The van der Waals surface area contributed by atoms with E-state index in [0.29, 0.717) is 24.2 Å². The first kappa shape index (κ1) is 21.6. The molecule has 0 bridgehead atoms. The normalized spacial score (nSPS) is 11.5. The van der Waals surface area contributed by atoms with Gasteiger partial charge in [0.2, 0.25) is 15.8 Å². The van der Waals surface area contributed by atoms with Crippen LogP contribution in [0.3, 0.4) is 0 Å². The van der Waals surface area contributed by atoms with E-state index < -0.39 is 22.0 Å². The summed E-state index contributed by atoms with van der Waals surface area (Å²) in [6, 6.07) is 5.85. The van der Waals surface area contributed by atoms with Gasteiger partial charge in [0.05, 0.1) is 23.8 Å². The number of rotatable bonds is 8. The lowest BCUT2D eigenvalue weighted by Gasteiger charge is -2.20. The first-order valence-electron chi connectivity index (χ1n) is 8.68. The predicted octanol–water partition coefficient (Wildman–Crippen LogP) is 2.76. The van der Waals surface area contributed by atoms with Gasteiger partial charge in [0.1, 0.15) is 6.61 Å². The number of sulfonamides is 1. The van der Waals surface area contributed by atoms with E-state index in [0.717, 1.165) is 0 Å². The highest BCUT2D eigenvalue weighted by molar-refractivity contribution is 7.89. The third-order valence-electron chi connectivity index (χ3n) is 4.22. The molecule has 1 heterocycles. The number of hydrogen-bond donors (Lipinski definition) is 0. The van der Waals surface area contributed by atoms with Crippen molar-refractivity contribution in [3.63, 3.8) is 0 Å². The zero-order valence-corrected chi connectivity index (χ0v) is 17.0. The Morgan fingerprint density at radius 3 is 2.39 bits per heavy atom. The lowest BCUT2D eigenvalue weighted by atomic mass is 10.1. The minimum atomic E-state index is -3.72. The number of esters is 2. The second kappa shape index (κ2) is 9.03. The van der Waals surface area contributed by atoms with Crippen LogP contribution in [-0.2, 0) is 26.1 Å². The summed E-state index contributed by atoms with van der Waals surface area (Å²) in [7, 11) is -2.50. The monoisotopic (exact) mass is 409 g/mol. The average molecular weight is 409 g/mol. The van der Waals surface area contributed by atoms with Crippen LogP contribution < -0.4 is 0 Å². The van der Waals surface area contributed by atoms with Crippen LogP contribution in [0.5, 0.6) is 0 Å². The summed E-state index contributed by atoms with van der Waals surface area (Å²) in [6.45, 7) is 5.59. The van der Waals surface area contributed by atoms with Crippen molar-refractivity contribution in [1.29, 1.82) is 0 Å². The van der Waals surface area contributed by atoms with Gasteiger partial charge < -0.3 is 13.9 Å². The number of hydrogen-bond acceptors (Lipinski definition) is 7. The fourth-order valence-corrected chi connectivity index (χ4v) is 4.36. The second-order valence-electron chi connectivity index (χ2n) is 5.91. The van der Waals surface area contributed by atoms with Crippen LogP contribution in [0.15, 0.2) is 39.8 Å². The van der Waals surface area contributed by atoms with Gasteiger partial charge in [0.15, 0.2) is 0 Å². The van der Waals surface area contributed by atoms with E-state index in [4.69, 9.17) is 9.15 Å². The molecule has 0 fully saturated rings. The van der Waals surface area contributed by atoms with Gasteiger partial charge >= 0.3 is 11.9 Å². The molecular formula is C19H23NO7S. The molecule has 28 heavy (non-hydrogen) atoms. The molecule has 0 spiro atoms. The van der Waals surface area contributed by atoms with E-state index >= 15 is 0 Å². The molecule has 1 aromatic carbocycles. The van der Waals surface area contributed by atoms with Gasteiger partial charge in [-0.15, -0.1) is 0 Å². The summed E-state index contributed by atoms with van der Waals surface area (Å²) < 4.78 is 41.8. The smallest absolute Gasteiger partial charge is 0.374 e. The number of aryl methyl sites for hydroxylation is 1. The van der Waals surface area contributed by atoms with Crippen LogP contribution in [0.25, 0.3) is 0 Å². The van der Waals surface area contributed by atoms with Crippen LogP contribution in [0, 0.1) is 6.92 Å². The summed E-state index contributed by atoms with van der Waals surface area (Å²) in [6.07, 6.45) is 1.29. The maximum Gasteiger partial charge on any atom is 0.374 e. The largest absolute Gasteiger partial charge is 0.463 e. The molecule has 0 aliphatic carbocycles. The van der Waals surface area contributed by atoms with Gasteiger partial charge in [-0.25, -0.2) is 18.0 Å². The lowest BCUT2D eigenvalue weighted by molar-refractivity contribution is 0.0453. The number of methoxy groups -OCH3 is 1. The van der Waals surface area contributed by atoms with Crippen molar-refractivity contribution >= 4 is 22.0 Å². The zero-order valence-electron chi connectivity index (χ0n) is 16.2. The number of carbonyl (C=O) groups is 2. The van der Waals surface area contributed by atoms with Crippen molar-refractivity contribution < 1.29 is 31.9 Å². The highest BCUT2D eigenvalue weighted by Gasteiger charge is 2.25. The van der Waals surface area contributed by atoms with Crippen LogP contribution >= 0.6 is 0 Å². The predicted molar refractivity (Wildman–Crippen MR) is 100 cm³/mol. The van der Waals surface area contributed by atoms with E-state index in [9.17, 15) is 18.0 Å². The third kappa shape index (κ3) is 4.42. The summed E-state index contributed by atoms with van der Waals surface area (Å²) in [5, 5.41) is 0. The summed E-state index contributed by atoms with van der Waals surface area (Å²) in [4.78, 5) is 24.1. The van der Waals surface area contributed by atoms with Crippen molar-refractivity contribution in [2.75, 3.05) is 20.2 Å². The Kier molecular flexibility index (Phi) is 6.98. The molecule has 152 valence electrons. The van der Waals surface area contributed by atoms with Gasteiger partial charge in [0.25, 0.3) is 0 Å². The SMILES string of the molecule is CCN(CC)S(=O)(=O)c1cc(C(=O)OCc2ccoc2C(=O)OC)ccc1C. The van der Waals surface area contributed by atoms with Gasteiger partial charge in [-0.2, -0.15) is 4.31 Å². The highest BCUT2D eigenvalue weighted by Crippen LogP contribution is 2.22. The Labute approximate surface area is 164 Å². The Balaban J connectivity index is 2.24. The van der Waals surface area contributed by atoms with Gasteiger partial charge in [-0.1, -0.05) is 19.9 Å². The van der Waals surface area contributed by atoms with Crippen molar-refractivity contribution in [2.24, 2.45) is 0 Å². The molecule has 0 unspecified atom stereocenters. The van der Waals surface area contributed by atoms with Crippen molar-refractivity contribution in [3.8, 4) is 0 Å². The van der Waals surface area contributed by atoms with Crippen molar-refractivity contribution in [2.45, 2.75) is 32.3 Å². The molecule has 0 saturated heterocycles. The molecule has 0 saturated carbocycles. The molecule has 0 aliphatic heterocycles. The van der Waals surface area contributed by atoms with Crippen molar-refractivity contribution in [3.05, 3.63) is 53.0 Å². The standard InChI is InChI=1S/C19H23NO7S/c1-5-20(6-2)28(23,24)16-11-14(8-7-13(16)3)18(21)27-12-15-9-10-26-17(15)19(22)25-4/h7-11H,5-6,12H2,1-4H3. The zero-order chi connectivity index (χ0) is 20.9. The summed E-state index contributed by atoms with van der Waals surface area (Å²) in [5.74, 6) is -1.45. The number of ether oxygens (including phenoxy) is 2. The quantitative estimate of drug-likeness (QED) is 0.618. The van der Waals surface area contributed by atoms with Gasteiger partial charge in [0, 0.05) is 18.7 Å². The first-order chi connectivity index (χ1) is 13.3. The summed E-state index contributed by atoms with van der Waals surface area (Å²) in [5.41, 5.74) is 0.981. The van der Waals surface area contributed by atoms with E-state index in [1.807, 2.05) is 0 Å². The van der Waals surface area contributed by atoms with Crippen LogP contribution in [-0.4, -0.2) is 44.9 Å². The molecule has 2 rings (SSSR count). The molecule has 8 nitrogen and oxygen atoms in total. The Morgan fingerprint density at radius 2 is 1.79 bits per heavy atom. The molecule has 1 aromatic heterocycles. The van der Waals surface area contributed by atoms with Crippen LogP contribution in [0.1, 0.15) is 45.9 Å². The van der Waals surface area contributed by atoms with Crippen LogP contribution in [0.4, 0.5) is 0 Å². The molecular weight excluding hydrogens is 386 g/mol. The van der Waals surface area contributed by atoms with Gasteiger partial charge in [-0.3, -0.25) is 0 Å². The van der Waals surface area contributed by atoms with E-state index in [-0.39, 0.29) is 22.8 Å². The molecule has 0 aliphatic rings. The fraction of sp³-hybridized carbons (Fsp3) is 0.368.